The third kappa shape index (κ3) is 2.75. The van der Waals surface area contributed by atoms with Crippen molar-refractivity contribution in [1.82, 2.24) is 4.31 Å². The molecule has 0 aliphatic heterocycles. The lowest BCUT2D eigenvalue weighted by molar-refractivity contribution is -0.141. The minimum absolute atomic E-state index is 0.268. The zero-order valence-corrected chi connectivity index (χ0v) is 13.2. The van der Waals surface area contributed by atoms with Crippen molar-refractivity contribution in [2.75, 3.05) is 7.05 Å². The van der Waals surface area contributed by atoms with Crippen molar-refractivity contribution < 1.29 is 18.3 Å². The van der Waals surface area contributed by atoms with Crippen LogP contribution in [0.2, 0.25) is 0 Å². The molecule has 3 unspecified atom stereocenters. The molecule has 1 aliphatic rings. The number of sulfonamides is 1. The second-order valence-corrected chi connectivity index (χ2v) is 8.36. The summed E-state index contributed by atoms with van der Waals surface area (Å²) in [5.74, 6) is -1.79. The van der Waals surface area contributed by atoms with Crippen LogP contribution in [0.25, 0.3) is 0 Å². The Morgan fingerprint density at radius 2 is 2.20 bits per heavy atom. The molecule has 112 valence electrons. The topological polar surface area (TPSA) is 74.7 Å². The normalized spacial score (nSPS) is 24.9. The molecule has 5 nitrogen and oxygen atoms in total. The minimum Gasteiger partial charge on any atom is -0.481 e. The van der Waals surface area contributed by atoms with E-state index >= 15 is 0 Å². The average molecular weight is 317 g/mol. The molecule has 0 radical (unpaired) electrons. The van der Waals surface area contributed by atoms with E-state index in [4.69, 9.17) is 0 Å². The molecule has 0 saturated heterocycles. The first-order chi connectivity index (χ1) is 9.35. The summed E-state index contributed by atoms with van der Waals surface area (Å²) in [6, 6.07) is 3.51. The average Bonchev–Trinajstić information content (AvgIpc) is 3.07. The Kier molecular flexibility index (Phi) is 4.51. The molecule has 3 atom stereocenters. The summed E-state index contributed by atoms with van der Waals surface area (Å²) in [7, 11) is -2.06. The predicted octanol–water partition coefficient (Wildman–Crippen LogP) is 2.32. The highest BCUT2D eigenvalue weighted by Crippen LogP contribution is 2.36. The molecular formula is C13H19NO4S2. The molecule has 1 saturated carbocycles. The van der Waals surface area contributed by atoms with Crippen LogP contribution in [-0.2, 0) is 14.8 Å². The molecular weight excluding hydrogens is 298 g/mol. The van der Waals surface area contributed by atoms with Gasteiger partial charge in [-0.05, 0) is 31.2 Å². The van der Waals surface area contributed by atoms with Crippen LogP contribution in [0.4, 0.5) is 0 Å². The van der Waals surface area contributed by atoms with Gasteiger partial charge in [0.15, 0.2) is 0 Å². The summed E-state index contributed by atoms with van der Waals surface area (Å²) in [6.45, 7) is 1.83. The summed E-state index contributed by atoms with van der Waals surface area (Å²) < 4.78 is 26.6. The van der Waals surface area contributed by atoms with E-state index in [0.29, 0.717) is 19.3 Å². The predicted molar refractivity (Wildman–Crippen MR) is 78.2 cm³/mol. The number of rotatable bonds is 5. The molecule has 0 aromatic carbocycles. The zero-order valence-electron chi connectivity index (χ0n) is 11.5. The number of nitrogens with zero attached hydrogens (tertiary/aromatic N) is 1. The quantitative estimate of drug-likeness (QED) is 0.904. The van der Waals surface area contributed by atoms with Gasteiger partial charge in [0.05, 0.1) is 17.2 Å². The summed E-state index contributed by atoms with van der Waals surface area (Å²) in [4.78, 5) is 12.2. The number of hydrogen-bond acceptors (Lipinski definition) is 4. The molecule has 0 spiro atoms. The van der Waals surface area contributed by atoms with Gasteiger partial charge in [-0.1, -0.05) is 12.5 Å². The molecule has 1 heterocycles. The maximum absolute atomic E-state index is 12.7. The molecule has 1 fully saturated rings. The molecule has 1 aromatic rings. The van der Waals surface area contributed by atoms with E-state index in [1.165, 1.54) is 22.7 Å². The molecule has 1 N–H and O–H groups in total. The largest absolute Gasteiger partial charge is 0.481 e. The highest BCUT2D eigenvalue weighted by molar-refractivity contribution is 7.89. The third-order valence-corrected chi connectivity index (χ3v) is 7.55. The van der Waals surface area contributed by atoms with Gasteiger partial charge < -0.3 is 5.11 Å². The Morgan fingerprint density at radius 3 is 2.75 bits per heavy atom. The number of carboxylic acid groups (broad SMARTS) is 1. The van der Waals surface area contributed by atoms with Crippen LogP contribution in [0.5, 0.6) is 0 Å². The number of thiophene rings is 1. The first kappa shape index (κ1) is 15.5. The molecule has 0 bridgehead atoms. The van der Waals surface area contributed by atoms with Gasteiger partial charge in [0.1, 0.15) is 0 Å². The maximum atomic E-state index is 12.7. The first-order valence-corrected chi connectivity index (χ1v) is 8.97. The van der Waals surface area contributed by atoms with E-state index in [1.54, 1.807) is 0 Å². The van der Waals surface area contributed by atoms with Crippen molar-refractivity contribution >= 4 is 27.3 Å². The number of hydrogen-bond donors (Lipinski definition) is 1. The highest BCUT2D eigenvalue weighted by atomic mass is 32.2. The molecule has 1 aliphatic carbocycles. The van der Waals surface area contributed by atoms with E-state index in [2.05, 4.69) is 0 Å². The SMILES string of the molecule is CC(c1cccs1)N(C)S(=O)(=O)C1CCCC1C(=O)O. The molecule has 20 heavy (non-hydrogen) atoms. The van der Waals surface area contributed by atoms with Crippen molar-refractivity contribution in [2.24, 2.45) is 5.92 Å². The van der Waals surface area contributed by atoms with E-state index in [0.717, 1.165) is 4.88 Å². The zero-order chi connectivity index (χ0) is 14.9. The van der Waals surface area contributed by atoms with Gasteiger partial charge in [-0.15, -0.1) is 11.3 Å². The summed E-state index contributed by atoms with van der Waals surface area (Å²) in [5, 5.41) is 10.3. The van der Waals surface area contributed by atoms with Gasteiger partial charge in [-0.2, -0.15) is 4.31 Å². The second-order valence-electron chi connectivity index (χ2n) is 5.17. The fraction of sp³-hybridized carbons (Fsp3) is 0.615. The van der Waals surface area contributed by atoms with Gasteiger partial charge in [0, 0.05) is 11.9 Å². The lowest BCUT2D eigenvalue weighted by Gasteiger charge is -2.28. The Hall–Kier alpha value is -0.920. The third-order valence-electron chi connectivity index (χ3n) is 4.05. The van der Waals surface area contributed by atoms with Crippen LogP contribution in [0, 0.1) is 5.92 Å². The maximum Gasteiger partial charge on any atom is 0.307 e. The summed E-state index contributed by atoms with van der Waals surface area (Å²) >= 11 is 1.50. The smallest absolute Gasteiger partial charge is 0.307 e. The van der Waals surface area contributed by atoms with Crippen molar-refractivity contribution in [1.29, 1.82) is 0 Å². The van der Waals surface area contributed by atoms with Crippen molar-refractivity contribution in [2.45, 2.75) is 37.5 Å². The monoisotopic (exact) mass is 317 g/mol. The molecule has 7 heteroatoms. The van der Waals surface area contributed by atoms with Crippen LogP contribution < -0.4 is 0 Å². The Bertz CT molecular complexity index is 567. The van der Waals surface area contributed by atoms with Gasteiger partial charge in [0.25, 0.3) is 0 Å². The van der Waals surface area contributed by atoms with E-state index in [1.807, 2.05) is 24.4 Å². The number of aliphatic carboxylic acids is 1. The number of carboxylic acids is 1. The fourth-order valence-electron chi connectivity index (χ4n) is 2.71. The lowest BCUT2D eigenvalue weighted by Crippen LogP contribution is -2.41. The van der Waals surface area contributed by atoms with E-state index in [9.17, 15) is 18.3 Å². The molecule has 0 amide bonds. The van der Waals surface area contributed by atoms with E-state index in [-0.39, 0.29) is 6.04 Å². The van der Waals surface area contributed by atoms with Gasteiger partial charge >= 0.3 is 5.97 Å². The number of carbonyl (C=O) groups is 1. The van der Waals surface area contributed by atoms with Crippen LogP contribution >= 0.6 is 11.3 Å². The van der Waals surface area contributed by atoms with Gasteiger partial charge in [-0.3, -0.25) is 4.79 Å². The van der Waals surface area contributed by atoms with Crippen molar-refractivity contribution in [3.63, 3.8) is 0 Å². The van der Waals surface area contributed by atoms with Crippen LogP contribution in [0.1, 0.15) is 37.1 Å². The van der Waals surface area contributed by atoms with Crippen molar-refractivity contribution in [3.8, 4) is 0 Å². The van der Waals surface area contributed by atoms with Crippen LogP contribution in [0.3, 0.4) is 0 Å². The highest BCUT2D eigenvalue weighted by Gasteiger charge is 2.44. The van der Waals surface area contributed by atoms with Crippen LogP contribution in [-0.4, -0.2) is 36.1 Å². The van der Waals surface area contributed by atoms with Crippen molar-refractivity contribution in [3.05, 3.63) is 22.4 Å². The fourth-order valence-corrected chi connectivity index (χ4v) is 5.71. The second kappa shape index (κ2) is 5.83. The van der Waals surface area contributed by atoms with E-state index < -0.39 is 27.2 Å². The summed E-state index contributed by atoms with van der Waals surface area (Å²) in [6.07, 6.45) is 1.53. The molecule has 1 aromatic heterocycles. The van der Waals surface area contributed by atoms with Gasteiger partial charge in [-0.25, -0.2) is 8.42 Å². The Morgan fingerprint density at radius 1 is 1.50 bits per heavy atom. The first-order valence-electron chi connectivity index (χ1n) is 6.58. The molecule has 2 rings (SSSR count). The lowest BCUT2D eigenvalue weighted by atomic mass is 10.1. The Balaban J connectivity index is 2.23. The minimum atomic E-state index is -3.60. The summed E-state index contributed by atoms with van der Waals surface area (Å²) in [5.41, 5.74) is 0. The Labute approximate surface area is 123 Å². The van der Waals surface area contributed by atoms with Gasteiger partial charge in [0.2, 0.25) is 10.0 Å². The standard InChI is InChI=1S/C13H19NO4S2/c1-9(11-6-4-8-19-11)14(2)20(17,18)12-7-3-5-10(12)13(15)16/h4,6,8-10,12H,3,5,7H2,1-2H3,(H,15,16). The van der Waals surface area contributed by atoms with Crippen LogP contribution in [0.15, 0.2) is 17.5 Å².